The van der Waals surface area contributed by atoms with Crippen molar-refractivity contribution in [3.8, 4) is 51.0 Å². The average Bonchev–Trinajstić information content (AvgIpc) is 3.79. The number of benzene rings is 8. The van der Waals surface area contributed by atoms with Gasteiger partial charge < -0.3 is 8.98 Å². The van der Waals surface area contributed by atoms with Crippen molar-refractivity contribution < 1.29 is 4.42 Å². The zero-order valence-corrected chi connectivity index (χ0v) is 29.0. The van der Waals surface area contributed by atoms with Crippen LogP contribution in [0.4, 0.5) is 0 Å². The highest BCUT2D eigenvalue weighted by Crippen LogP contribution is 2.43. The van der Waals surface area contributed by atoms with Gasteiger partial charge in [0.05, 0.1) is 27.7 Å². The molecule has 5 heteroatoms. The Morgan fingerprint density at radius 2 is 0.963 bits per heavy atom. The highest BCUT2D eigenvalue weighted by atomic mass is 16.3. The normalized spacial score (nSPS) is 11.7. The van der Waals surface area contributed by atoms with Gasteiger partial charge in [0, 0.05) is 27.3 Å². The van der Waals surface area contributed by atoms with Crippen LogP contribution < -0.4 is 0 Å². The smallest absolute Gasteiger partial charge is 0.167 e. The molecule has 0 unspecified atom stereocenters. The van der Waals surface area contributed by atoms with Gasteiger partial charge in [0.2, 0.25) is 0 Å². The third-order valence-electron chi connectivity index (χ3n) is 10.4. The molecule has 11 aromatic rings. The number of rotatable bonds is 5. The molecule has 0 saturated heterocycles. The van der Waals surface area contributed by atoms with Crippen LogP contribution in [0, 0.1) is 0 Å². The molecule has 3 aromatic heterocycles. The maximum absolute atomic E-state index is 6.83. The minimum absolute atomic E-state index is 0.555. The summed E-state index contributed by atoms with van der Waals surface area (Å²) in [5.74, 6) is 1.77. The molecule has 54 heavy (non-hydrogen) atoms. The standard InChI is InChI=1S/C49H30N4O/c1-4-14-31(15-5-1)36-24-26-41-39(29-36)40-28-34-20-10-11-21-35(34)30-43(40)53(41)42-27-25-38(46-45(42)37-22-12-13-23-44(37)54-46)49-51-47(32-16-6-2-7-17-32)50-48(52-49)33-18-8-3-9-19-33/h1-30H. The predicted octanol–water partition coefficient (Wildman–Crippen LogP) is 12.7. The molecule has 0 amide bonds. The van der Waals surface area contributed by atoms with E-state index in [1.54, 1.807) is 0 Å². The Morgan fingerprint density at radius 3 is 1.67 bits per heavy atom. The fourth-order valence-electron chi connectivity index (χ4n) is 7.88. The molecular weight excluding hydrogens is 661 g/mol. The van der Waals surface area contributed by atoms with Crippen LogP contribution in [0.2, 0.25) is 0 Å². The van der Waals surface area contributed by atoms with E-state index in [2.05, 4.69) is 114 Å². The molecule has 0 atom stereocenters. The van der Waals surface area contributed by atoms with E-state index in [1.165, 1.54) is 32.7 Å². The van der Waals surface area contributed by atoms with Crippen molar-refractivity contribution in [3.05, 3.63) is 182 Å². The lowest BCUT2D eigenvalue weighted by Crippen LogP contribution is -2.01. The van der Waals surface area contributed by atoms with Gasteiger partial charge in [0.25, 0.3) is 0 Å². The minimum Gasteiger partial charge on any atom is -0.455 e. The third kappa shape index (κ3) is 4.83. The Labute approximate surface area is 310 Å². The number of fused-ring (bicyclic) bond motifs is 7. The van der Waals surface area contributed by atoms with Crippen LogP contribution in [0.25, 0.3) is 105 Å². The summed E-state index contributed by atoms with van der Waals surface area (Å²) in [5, 5.41) is 6.83. The molecule has 0 spiro atoms. The molecular formula is C49H30N4O. The molecule has 3 heterocycles. The summed E-state index contributed by atoms with van der Waals surface area (Å²) in [6, 6.07) is 63.4. The van der Waals surface area contributed by atoms with Crippen molar-refractivity contribution in [1.29, 1.82) is 0 Å². The summed E-state index contributed by atoms with van der Waals surface area (Å²) in [5.41, 5.74) is 9.84. The second-order valence-corrected chi connectivity index (χ2v) is 13.6. The Balaban J connectivity index is 1.22. The summed E-state index contributed by atoms with van der Waals surface area (Å²) < 4.78 is 9.23. The monoisotopic (exact) mass is 690 g/mol. The molecule has 0 fully saturated rings. The second kappa shape index (κ2) is 12.1. The van der Waals surface area contributed by atoms with E-state index in [-0.39, 0.29) is 0 Å². The maximum atomic E-state index is 6.83. The predicted molar refractivity (Wildman–Crippen MR) is 221 cm³/mol. The van der Waals surface area contributed by atoms with Crippen molar-refractivity contribution in [2.24, 2.45) is 0 Å². The first-order valence-corrected chi connectivity index (χ1v) is 18.1. The van der Waals surface area contributed by atoms with E-state index in [1.807, 2.05) is 72.8 Å². The minimum atomic E-state index is 0.555. The van der Waals surface area contributed by atoms with Crippen molar-refractivity contribution in [1.82, 2.24) is 19.5 Å². The van der Waals surface area contributed by atoms with Crippen molar-refractivity contribution in [2.45, 2.75) is 0 Å². The van der Waals surface area contributed by atoms with Crippen LogP contribution in [0.1, 0.15) is 0 Å². The lowest BCUT2D eigenvalue weighted by molar-refractivity contribution is 0.669. The second-order valence-electron chi connectivity index (χ2n) is 13.6. The molecule has 0 aliphatic rings. The molecule has 0 radical (unpaired) electrons. The van der Waals surface area contributed by atoms with E-state index in [0.717, 1.165) is 55.3 Å². The first-order chi connectivity index (χ1) is 26.8. The Bertz CT molecular complexity index is 3140. The van der Waals surface area contributed by atoms with Crippen LogP contribution in [-0.4, -0.2) is 19.5 Å². The molecule has 0 N–H and O–H groups in total. The van der Waals surface area contributed by atoms with Gasteiger partial charge in [-0.1, -0.05) is 140 Å². The van der Waals surface area contributed by atoms with Gasteiger partial charge >= 0.3 is 0 Å². The maximum Gasteiger partial charge on any atom is 0.167 e. The largest absolute Gasteiger partial charge is 0.455 e. The molecule has 252 valence electrons. The van der Waals surface area contributed by atoms with Crippen LogP contribution in [0.3, 0.4) is 0 Å². The van der Waals surface area contributed by atoms with Gasteiger partial charge in [0.15, 0.2) is 17.5 Å². The topological polar surface area (TPSA) is 56.7 Å². The van der Waals surface area contributed by atoms with Gasteiger partial charge in [-0.05, 0) is 64.4 Å². The fourth-order valence-corrected chi connectivity index (χ4v) is 7.88. The molecule has 5 nitrogen and oxygen atoms in total. The Hall–Kier alpha value is -7.37. The zero-order chi connectivity index (χ0) is 35.6. The Morgan fingerprint density at radius 1 is 0.389 bits per heavy atom. The summed E-state index contributed by atoms with van der Waals surface area (Å²) in [4.78, 5) is 15.1. The Kier molecular flexibility index (Phi) is 6.79. The number of furan rings is 1. The number of nitrogens with zero attached hydrogens (tertiary/aromatic N) is 4. The number of hydrogen-bond acceptors (Lipinski definition) is 4. The molecule has 8 aromatic carbocycles. The van der Waals surface area contributed by atoms with Gasteiger partial charge in [0.1, 0.15) is 11.2 Å². The first-order valence-electron chi connectivity index (χ1n) is 18.1. The number of aromatic nitrogens is 4. The van der Waals surface area contributed by atoms with Crippen LogP contribution in [0.15, 0.2) is 186 Å². The fraction of sp³-hybridized carbons (Fsp3) is 0. The quantitative estimate of drug-likeness (QED) is 0.180. The third-order valence-corrected chi connectivity index (χ3v) is 10.4. The molecule has 0 bridgehead atoms. The summed E-state index contributed by atoms with van der Waals surface area (Å²) in [6.07, 6.45) is 0. The van der Waals surface area contributed by atoms with E-state index >= 15 is 0 Å². The highest BCUT2D eigenvalue weighted by Gasteiger charge is 2.23. The van der Waals surface area contributed by atoms with E-state index < -0.39 is 0 Å². The zero-order valence-electron chi connectivity index (χ0n) is 29.0. The van der Waals surface area contributed by atoms with Gasteiger partial charge in [-0.3, -0.25) is 0 Å². The van der Waals surface area contributed by atoms with E-state index in [4.69, 9.17) is 19.4 Å². The van der Waals surface area contributed by atoms with Crippen LogP contribution >= 0.6 is 0 Å². The van der Waals surface area contributed by atoms with Crippen LogP contribution in [0.5, 0.6) is 0 Å². The average molecular weight is 691 g/mol. The highest BCUT2D eigenvalue weighted by molar-refractivity contribution is 6.18. The summed E-state index contributed by atoms with van der Waals surface area (Å²) >= 11 is 0. The van der Waals surface area contributed by atoms with Gasteiger partial charge in [-0.2, -0.15) is 0 Å². The van der Waals surface area contributed by atoms with Gasteiger partial charge in [-0.25, -0.2) is 15.0 Å². The number of para-hydroxylation sites is 1. The SMILES string of the molecule is c1ccc(-c2ccc3c(c2)c2cc4ccccc4cc2n3-c2ccc(-c3nc(-c4ccccc4)nc(-c4ccccc4)n3)c3oc4ccccc4c23)cc1. The summed E-state index contributed by atoms with van der Waals surface area (Å²) in [7, 11) is 0. The lowest BCUT2D eigenvalue weighted by atomic mass is 10.0. The van der Waals surface area contributed by atoms with Gasteiger partial charge in [-0.15, -0.1) is 0 Å². The van der Waals surface area contributed by atoms with E-state index in [9.17, 15) is 0 Å². The molecule has 0 aliphatic carbocycles. The molecule has 11 rings (SSSR count). The number of hydrogen-bond donors (Lipinski definition) is 0. The van der Waals surface area contributed by atoms with Crippen molar-refractivity contribution in [3.63, 3.8) is 0 Å². The molecule has 0 saturated carbocycles. The first kappa shape index (κ1) is 30.3. The summed E-state index contributed by atoms with van der Waals surface area (Å²) in [6.45, 7) is 0. The van der Waals surface area contributed by atoms with Crippen molar-refractivity contribution in [2.75, 3.05) is 0 Å². The molecule has 0 aliphatic heterocycles. The van der Waals surface area contributed by atoms with E-state index in [0.29, 0.717) is 17.5 Å². The lowest BCUT2D eigenvalue weighted by Gasteiger charge is -2.13. The van der Waals surface area contributed by atoms with Crippen LogP contribution in [-0.2, 0) is 0 Å². The van der Waals surface area contributed by atoms with Crippen molar-refractivity contribution >= 4 is 54.5 Å².